The largest absolute Gasteiger partial charge is 0.496 e. The molecule has 1 aromatic heterocycles. The molecule has 3 nitrogen and oxygen atoms in total. The molecule has 0 amide bonds. The number of nitrogens with one attached hydrogen (secondary N) is 1. The van der Waals surface area contributed by atoms with Crippen molar-refractivity contribution in [3.05, 3.63) is 50.1 Å². The smallest absolute Gasteiger partial charge is 0.122 e. The Hall–Kier alpha value is -0.880. The molecular weight excluding hydrogens is 324 g/mol. The van der Waals surface area contributed by atoms with Crippen LogP contribution in [0.3, 0.4) is 0 Å². The number of hydrazine groups is 1. The van der Waals surface area contributed by atoms with Gasteiger partial charge in [-0.25, -0.2) is 0 Å². The van der Waals surface area contributed by atoms with E-state index in [0.29, 0.717) is 0 Å². The van der Waals surface area contributed by atoms with Crippen LogP contribution in [-0.4, -0.2) is 7.11 Å². The third-order valence-corrected chi connectivity index (χ3v) is 4.71. The molecule has 0 aliphatic heterocycles. The number of halogens is 1. The molecule has 0 saturated carbocycles. The second-order valence-corrected chi connectivity index (χ2v) is 6.21. The standard InChI is InChI=1S/C14H17BrN2OS/c1-9-5-6-19-14(9)12(17-16)8-10-7-11(15)3-4-13(10)18-2/h3-7,12,17H,8,16H2,1-2H3. The summed E-state index contributed by atoms with van der Waals surface area (Å²) in [5, 5.41) is 2.09. The Balaban J connectivity index is 2.28. The highest BCUT2D eigenvalue weighted by molar-refractivity contribution is 9.10. The highest BCUT2D eigenvalue weighted by Crippen LogP contribution is 2.31. The Labute approximate surface area is 125 Å². The first-order valence-electron chi connectivity index (χ1n) is 5.98. The molecule has 2 rings (SSSR count). The Morgan fingerprint density at radius 1 is 1.42 bits per heavy atom. The summed E-state index contributed by atoms with van der Waals surface area (Å²) in [4.78, 5) is 1.27. The summed E-state index contributed by atoms with van der Waals surface area (Å²) >= 11 is 5.22. The quantitative estimate of drug-likeness (QED) is 0.646. The molecule has 0 spiro atoms. The van der Waals surface area contributed by atoms with E-state index in [1.807, 2.05) is 12.1 Å². The molecule has 0 aliphatic carbocycles. The first-order valence-corrected chi connectivity index (χ1v) is 7.65. The van der Waals surface area contributed by atoms with Gasteiger partial charge in [0.05, 0.1) is 13.2 Å². The topological polar surface area (TPSA) is 47.3 Å². The third kappa shape index (κ3) is 3.36. The number of methoxy groups -OCH3 is 1. The zero-order valence-corrected chi connectivity index (χ0v) is 13.3. The lowest BCUT2D eigenvalue weighted by atomic mass is 10.0. The van der Waals surface area contributed by atoms with Gasteiger partial charge in [-0.15, -0.1) is 11.3 Å². The minimum absolute atomic E-state index is 0.100. The van der Waals surface area contributed by atoms with Crippen LogP contribution in [0.2, 0.25) is 0 Å². The molecule has 1 heterocycles. The van der Waals surface area contributed by atoms with Crippen molar-refractivity contribution in [3.8, 4) is 5.75 Å². The van der Waals surface area contributed by atoms with Gasteiger partial charge in [0.1, 0.15) is 5.75 Å². The molecule has 0 fully saturated rings. The van der Waals surface area contributed by atoms with E-state index in [0.717, 1.165) is 22.2 Å². The maximum absolute atomic E-state index is 5.71. The maximum atomic E-state index is 5.71. The number of hydrogen-bond donors (Lipinski definition) is 2. The van der Waals surface area contributed by atoms with Crippen molar-refractivity contribution >= 4 is 27.3 Å². The van der Waals surface area contributed by atoms with E-state index in [4.69, 9.17) is 10.6 Å². The predicted octanol–water partition coefficient (Wildman–Crippen LogP) is 3.57. The van der Waals surface area contributed by atoms with Gasteiger partial charge in [-0.1, -0.05) is 15.9 Å². The van der Waals surface area contributed by atoms with Crippen molar-refractivity contribution in [2.24, 2.45) is 5.84 Å². The molecule has 0 bridgehead atoms. The lowest BCUT2D eigenvalue weighted by molar-refractivity contribution is 0.405. The number of hydrogen-bond acceptors (Lipinski definition) is 4. The fourth-order valence-electron chi connectivity index (χ4n) is 2.10. The normalized spacial score (nSPS) is 12.4. The number of nitrogens with two attached hydrogens (primary N) is 1. The van der Waals surface area contributed by atoms with Crippen LogP contribution < -0.4 is 16.0 Å². The number of aryl methyl sites for hydroxylation is 1. The molecule has 2 aromatic rings. The third-order valence-electron chi connectivity index (χ3n) is 3.09. The van der Waals surface area contributed by atoms with Crippen LogP contribution in [0.1, 0.15) is 22.0 Å². The minimum Gasteiger partial charge on any atom is -0.496 e. The summed E-state index contributed by atoms with van der Waals surface area (Å²) in [7, 11) is 1.69. The van der Waals surface area contributed by atoms with Crippen LogP contribution in [0.25, 0.3) is 0 Å². The summed E-state index contributed by atoms with van der Waals surface area (Å²) in [6.45, 7) is 2.11. The monoisotopic (exact) mass is 340 g/mol. The summed E-state index contributed by atoms with van der Waals surface area (Å²) in [5.41, 5.74) is 5.30. The summed E-state index contributed by atoms with van der Waals surface area (Å²) < 4.78 is 6.45. The maximum Gasteiger partial charge on any atom is 0.122 e. The van der Waals surface area contributed by atoms with Crippen LogP contribution >= 0.6 is 27.3 Å². The Morgan fingerprint density at radius 2 is 2.21 bits per heavy atom. The molecule has 1 aromatic carbocycles. The zero-order valence-electron chi connectivity index (χ0n) is 10.9. The first-order chi connectivity index (χ1) is 9.15. The number of ether oxygens (including phenoxy) is 1. The van der Waals surface area contributed by atoms with Gasteiger partial charge in [0.2, 0.25) is 0 Å². The molecule has 3 N–H and O–H groups in total. The molecule has 0 radical (unpaired) electrons. The molecule has 1 unspecified atom stereocenters. The van der Waals surface area contributed by atoms with Gasteiger partial charge >= 0.3 is 0 Å². The fourth-order valence-corrected chi connectivity index (χ4v) is 3.49. The predicted molar refractivity (Wildman–Crippen MR) is 83.5 cm³/mol. The molecule has 0 aliphatic rings. The van der Waals surface area contributed by atoms with Crippen LogP contribution in [-0.2, 0) is 6.42 Å². The number of thiophene rings is 1. The van der Waals surface area contributed by atoms with Crippen molar-refractivity contribution in [1.82, 2.24) is 5.43 Å². The highest BCUT2D eigenvalue weighted by atomic mass is 79.9. The Bertz CT molecular complexity index is 556. The van der Waals surface area contributed by atoms with Gasteiger partial charge in [0, 0.05) is 9.35 Å². The van der Waals surface area contributed by atoms with E-state index in [-0.39, 0.29) is 6.04 Å². The number of rotatable bonds is 5. The van der Waals surface area contributed by atoms with Gasteiger partial charge < -0.3 is 4.74 Å². The molecule has 102 valence electrons. The van der Waals surface area contributed by atoms with Crippen molar-refractivity contribution in [3.63, 3.8) is 0 Å². The van der Waals surface area contributed by atoms with Crippen LogP contribution in [0.5, 0.6) is 5.75 Å². The highest BCUT2D eigenvalue weighted by Gasteiger charge is 2.16. The van der Waals surface area contributed by atoms with Gasteiger partial charge in [-0.05, 0) is 54.1 Å². The second kappa shape index (κ2) is 6.52. The van der Waals surface area contributed by atoms with E-state index >= 15 is 0 Å². The van der Waals surface area contributed by atoms with Gasteiger partial charge in [-0.3, -0.25) is 11.3 Å². The van der Waals surface area contributed by atoms with Crippen LogP contribution in [0, 0.1) is 6.92 Å². The van der Waals surface area contributed by atoms with Crippen molar-refractivity contribution in [2.75, 3.05) is 7.11 Å². The fraction of sp³-hybridized carbons (Fsp3) is 0.286. The Morgan fingerprint density at radius 3 is 2.79 bits per heavy atom. The Kier molecular flexibility index (Phi) is 4.99. The van der Waals surface area contributed by atoms with Crippen LogP contribution in [0.4, 0.5) is 0 Å². The number of benzene rings is 1. The molecule has 5 heteroatoms. The van der Waals surface area contributed by atoms with Gasteiger partial charge in [0.15, 0.2) is 0 Å². The molecule has 1 atom stereocenters. The molecular formula is C14H17BrN2OS. The summed E-state index contributed by atoms with van der Waals surface area (Å²) in [6, 6.07) is 8.23. The van der Waals surface area contributed by atoms with Gasteiger partial charge in [-0.2, -0.15) is 0 Å². The second-order valence-electron chi connectivity index (χ2n) is 4.35. The van der Waals surface area contributed by atoms with Gasteiger partial charge in [0.25, 0.3) is 0 Å². The zero-order chi connectivity index (χ0) is 13.8. The van der Waals surface area contributed by atoms with E-state index in [2.05, 4.69) is 45.8 Å². The van der Waals surface area contributed by atoms with Crippen molar-refractivity contribution in [1.29, 1.82) is 0 Å². The average molecular weight is 341 g/mol. The van der Waals surface area contributed by atoms with E-state index in [1.54, 1.807) is 18.4 Å². The summed E-state index contributed by atoms with van der Waals surface area (Å²) in [6.07, 6.45) is 0.792. The first kappa shape index (κ1) is 14.5. The lowest BCUT2D eigenvalue weighted by Gasteiger charge is -2.17. The van der Waals surface area contributed by atoms with E-state index in [9.17, 15) is 0 Å². The minimum atomic E-state index is 0.100. The van der Waals surface area contributed by atoms with Crippen molar-refractivity contribution in [2.45, 2.75) is 19.4 Å². The SMILES string of the molecule is COc1ccc(Br)cc1CC(NN)c1sccc1C. The van der Waals surface area contributed by atoms with E-state index in [1.165, 1.54) is 10.4 Å². The molecule has 0 saturated heterocycles. The average Bonchev–Trinajstić information content (AvgIpc) is 2.82. The van der Waals surface area contributed by atoms with E-state index < -0.39 is 0 Å². The van der Waals surface area contributed by atoms with Crippen LogP contribution in [0.15, 0.2) is 34.1 Å². The summed E-state index contributed by atoms with van der Waals surface area (Å²) in [5.74, 6) is 6.60. The lowest BCUT2D eigenvalue weighted by Crippen LogP contribution is -2.29. The van der Waals surface area contributed by atoms with Crippen molar-refractivity contribution < 1.29 is 4.74 Å². The molecule has 19 heavy (non-hydrogen) atoms.